The molecule has 0 saturated carbocycles. The molecule has 114 valence electrons. The van der Waals surface area contributed by atoms with Crippen molar-refractivity contribution >= 4 is 48.9 Å². The van der Waals surface area contributed by atoms with Crippen molar-refractivity contribution in [2.75, 3.05) is 7.05 Å². The Labute approximate surface area is 141 Å². The molecule has 1 aromatic heterocycles. The molecule has 2 aromatic rings. The van der Waals surface area contributed by atoms with E-state index >= 15 is 0 Å². The Morgan fingerprint density at radius 1 is 1.43 bits per heavy atom. The average molecular weight is 410 g/mol. The highest BCUT2D eigenvalue weighted by Gasteiger charge is 2.24. The molecule has 4 nitrogen and oxygen atoms in total. The Morgan fingerprint density at radius 3 is 2.71 bits per heavy atom. The van der Waals surface area contributed by atoms with E-state index in [1.807, 2.05) is 6.92 Å². The molecule has 0 fully saturated rings. The van der Waals surface area contributed by atoms with Gasteiger partial charge in [-0.3, -0.25) is 0 Å². The SMILES string of the molecule is Cc1ncsc1CN(C)S(=O)(=O)c1cc(CCl)ccc1Br. The molecule has 21 heavy (non-hydrogen) atoms. The number of benzene rings is 1. The van der Waals surface area contributed by atoms with Crippen molar-refractivity contribution in [1.82, 2.24) is 9.29 Å². The first-order chi connectivity index (χ1) is 9.86. The second kappa shape index (κ2) is 6.75. The lowest BCUT2D eigenvalue weighted by atomic mass is 10.2. The summed E-state index contributed by atoms with van der Waals surface area (Å²) in [5, 5.41) is 0. The van der Waals surface area contributed by atoms with Gasteiger partial charge >= 0.3 is 0 Å². The quantitative estimate of drug-likeness (QED) is 0.706. The molecule has 0 N–H and O–H groups in total. The predicted octanol–water partition coefficient (Wildman–Crippen LogP) is 3.77. The summed E-state index contributed by atoms with van der Waals surface area (Å²) < 4.78 is 27.2. The maximum atomic E-state index is 12.7. The molecule has 0 radical (unpaired) electrons. The summed E-state index contributed by atoms with van der Waals surface area (Å²) in [5.74, 6) is 0.271. The lowest BCUT2D eigenvalue weighted by Gasteiger charge is -2.18. The van der Waals surface area contributed by atoms with Crippen molar-refractivity contribution in [2.45, 2.75) is 24.2 Å². The average Bonchev–Trinajstić information content (AvgIpc) is 2.84. The van der Waals surface area contributed by atoms with Gasteiger partial charge in [0.2, 0.25) is 10.0 Å². The van der Waals surface area contributed by atoms with Crippen LogP contribution in [0.2, 0.25) is 0 Å². The van der Waals surface area contributed by atoms with Crippen LogP contribution in [0.1, 0.15) is 16.1 Å². The minimum Gasteiger partial charge on any atom is -0.250 e. The maximum absolute atomic E-state index is 12.7. The second-order valence-electron chi connectivity index (χ2n) is 4.52. The number of nitrogens with zero attached hydrogens (tertiary/aromatic N) is 2. The normalized spacial score (nSPS) is 12.0. The molecule has 0 aliphatic carbocycles. The number of aryl methyl sites for hydroxylation is 1. The molecule has 0 aliphatic heterocycles. The molecular weight excluding hydrogens is 396 g/mol. The number of sulfonamides is 1. The molecule has 1 heterocycles. The van der Waals surface area contributed by atoms with Crippen LogP contribution in [0.3, 0.4) is 0 Å². The van der Waals surface area contributed by atoms with Crippen LogP contribution < -0.4 is 0 Å². The highest BCUT2D eigenvalue weighted by molar-refractivity contribution is 9.10. The molecule has 1 aromatic carbocycles. The topological polar surface area (TPSA) is 50.3 Å². The van der Waals surface area contributed by atoms with E-state index in [2.05, 4.69) is 20.9 Å². The molecule has 0 unspecified atom stereocenters. The molecule has 0 saturated heterocycles. The number of hydrogen-bond acceptors (Lipinski definition) is 4. The van der Waals surface area contributed by atoms with Gasteiger partial charge in [0, 0.05) is 28.8 Å². The Hall–Kier alpha value is -0.470. The van der Waals surface area contributed by atoms with Crippen LogP contribution in [0.5, 0.6) is 0 Å². The van der Waals surface area contributed by atoms with Crippen molar-refractivity contribution < 1.29 is 8.42 Å². The first-order valence-electron chi connectivity index (χ1n) is 6.06. The highest BCUT2D eigenvalue weighted by Crippen LogP contribution is 2.28. The Kier molecular flexibility index (Phi) is 5.43. The highest BCUT2D eigenvalue weighted by atomic mass is 79.9. The van der Waals surface area contributed by atoms with Crippen LogP contribution in [0, 0.1) is 6.92 Å². The lowest BCUT2D eigenvalue weighted by molar-refractivity contribution is 0.468. The molecule has 0 amide bonds. The minimum absolute atomic E-state index is 0.227. The Bertz CT molecular complexity index is 746. The summed E-state index contributed by atoms with van der Waals surface area (Å²) in [6.07, 6.45) is 0. The molecule has 0 spiro atoms. The van der Waals surface area contributed by atoms with Gasteiger partial charge in [-0.15, -0.1) is 22.9 Å². The molecule has 0 aliphatic rings. The molecule has 2 rings (SSSR count). The zero-order valence-corrected chi connectivity index (χ0v) is 15.5. The molecular formula is C13H14BrClN2O2S2. The molecule has 8 heteroatoms. The van der Waals surface area contributed by atoms with E-state index in [1.54, 1.807) is 30.8 Å². The van der Waals surface area contributed by atoms with E-state index in [-0.39, 0.29) is 10.8 Å². The number of thiazole rings is 1. The third-order valence-electron chi connectivity index (χ3n) is 3.05. The minimum atomic E-state index is -3.59. The molecule has 0 atom stereocenters. The van der Waals surface area contributed by atoms with E-state index in [1.165, 1.54) is 15.6 Å². The largest absolute Gasteiger partial charge is 0.250 e. The zero-order chi connectivity index (χ0) is 15.6. The van der Waals surface area contributed by atoms with Gasteiger partial charge in [0.05, 0.1) is 16.1 Å². The number of aromatic nitrogens is 1. The third kappa shape index (κ3) is 3.65. The summed E-state index contributed by atoms with van der Waals surface area (Å²) in [6, 6.07) is 5.10. The van der Waals surface area contributed by atoms with Crippen LogP contribution in [0.15, 0.2) is 33.1 Å². The standard InChI is InChI=1S/C13H14BrClN2O2S2/c1-9-12(20-8-16-9)7-17(2)21(18,19)13-5-10(6-15)3-4-11(13)14/h3-5,8H,6-7H2,1-2H3. The third-order valence-corrected chi connectivity index (χ3v) is 7.07. The van der Waals surface area contributed by atoms with Gasteiger partial charge in [-0.25, -0.2) is 13.4 Å². The fraction of sp³-hybridized carbons (Fsp3) is 0.308. The number of rotatable bonds is 5. The van der Waals surface area contributed by atoms with E-state index < -0.39 is 10.0 Å². The summed E-state index contributed by atoms with van der Waals surface area (Å²) in [5.41, 5.74) is 3.34. The zero-order valence-electron chi connectivity index (χ0n) is 11.5. The van der Waals surface area contributed by atoms with Gasteiger partial charge in [-0.2, -0.15) is 4.31 Å². The fourth-order valence-corrected chi connectivity index (χ4v) is 4.95. The lowest BCUT2D eigenvalue weighted by Crippen LogP contribution is -2.26. The smallest absolute Gasteiger partial charge is 0.244 e. The van der Waals surface area contributed by atoms with Gasteiger partial charge in [-0.05, 0) is 40.5 Å². The van der Waals surface area contributed by atoms with Crippen LogP contribution in [0.4, 0.5) is 0 Å². The first kappa shape index (κ1) is 16.9. The summed E-state index contributed by atoms with van der Waals surface area (Å²) in [4.78, 5) is 5.30. The fourth-order valence-electron chi connectivity index (χ4n) is 1.76. The van der Waals surface area contributed by atoms with Gasteiger partial charge in [0.25, 0.3) is 0 Å². The van der Waals surface area contributed by atoms with E-state index in [9.17, 15) is 8.42 Å². The van der Waals surface area contributed by atoms with Gasteiger partial charge in [-0.1, -0.05) is 6.07 Å². The van der Waals surface area contributed by atoms with Crippen LogP contribution in [-0.4, -0.2) is 24.8 Å². The van der Waals surface area contributed by atoms with Crippen LogP contribution in [0.25, 0.3) is 0 Å². The van der Waals surface area contributed by atoms with Crippen molar-refractivity contribution in [3.05, 3.63) is 44.3 Å². The second-order valence-corrected chi connectivity index (χ2v) is 8.59. The number of hydrogen-bond donors (Lipinski definition) is 0. The van der Waals surface area contributed by atoms with Crippen LogP contribution >= 0.6 is 38.9 Å². The van der Waals surface area contributed by atoms with Crippen molar-refractivity contribution in [3.8, 4) is 0 Å². The summed E-state index contributed by atoms with van der Waals surface area (Å²) >= 11 is 10.5. The number of halogens is 2. The predicted molar refractivity (Wildman–Crippen MR) is 89.2 cm³/mol. The van der Waals surface area contributed by atoms with E-state index in [4.69, 9.17) is 11.6 Å². The number of alkyl halides is 1. The first-order valence-corrected chi connectivity index (χ1v) is 9.70. The Balaban J connectivity index is 2.35. The molecule has 0 bridgehead atoms. The van der Waals surface area contributed by atoms with E-state index in [0.29, 0.717) is 11.0 Å². The van der Waals surface area contributed by atoms with Gasteiger partial charge in [0.15, 0.2) is 0 Å². The van der Waals surface area contributed by atoms with E-state index in [0.717, 1.165) is 16.1 Å². The maximum Gasteiger partial charge on any atom is 0.244 e. The van der Waals surface area contributed by atoms with Crippen molar-refractivity contribution in [3.63, 3.8) is 0 Å². The Morgan fingerprint density at radius 2 is 2.14 bits per heavy atom. The summed E-state index contributed by atoms with van der Waals surface area (Å²) in [6.45, 7) is 2.17. The van der Waals surface area contributed by atoms with Crippen molar-refractivity contribution in [2.24, 2.45) is 0 Å². The van der Waals surface area contributed by atoms with Crippen LogP contribution in [-0.2, 0) is 22.4 Å². The van der Waals surface area contributed by atoms with Gasteiger partial charge in [0.1, 0.15) is 0 Å². The van der Waals surface area contributed by atoms with Crippen molar-refractivity contribution in [1.29, 1.82) is 0 Å². The summed E-state index contributed by atoms with van der Waals surface area (Å²) in [7, 11) is -2.02. The monoisotopic (exact) mass is 408 g/mol. The van der Waals surface area contributed by atoms with Gasteiger partial charge < -0.3 is 0 Å².